The molecule has 0 aromatic carbocycles. The molecule has 0 bridgehead atoms. The van der Waals surface area contributed by atoms with Crippen LogP contribution in [0.15, 0.2) is 17.2 Å². The molecule has 1 heterocycles. The van der Waals surface area contributed by atoms with Gasteiger partial charge >= 0.3 is 6.18 Å². The number of pyridine rings is 1. The van der Waals surface area contributed by atoms with Gasteiger partial charge in [-0.15, -0.1) is 11.8 Å². The summed E-state index contributed by atoms with van der Waals surface area (Å²) in [6.07, 6.45) is -2.05. The lowest BCUT2D eigenvalue weighted by Gasteiger charge is -2.11. The van der Waals surface area contributed by atoms with Gasteiger partial charge in [0, 0.05) is 29.2 Å². The van der Waals surface area contributed by atoms with Crippen molar-refractivity contribution in [3.63, 3.8) is 0 Å². The SMILES string of the molecule is CCc1c(SCCOCCOCC(F)(F)F)cc[n+]([O-])c1C. The topological polar surface area (TPSA) is 45.4 Å². The number of halogens is 3. The van der Waals surface area contributed by atoms with Gasteiger partial charge in [0.1, 0.15) is 6.61 Å². The van der Waals surface area contributed by atoms with Gasteiger partial charge in [-0.2, -0.15) is 17.9 Å². The number of rotatable bonds is 9. The molecule has 1 aromatic rings. The predicted octanol–water partition coefficient (Wildman–Crippen LogP) is 2.88. The normalized spacial score (nSPS) is 11.9. The average Bonchev–Trinajstić information content (AvgIpc) is 2.44. The van der Waals surface area contributed by atoms with E-state index in [0.717, 1.165) is 21.6 Å². The van der Waals surface area contributed by atoms with Crippen LogP contribution in [0.5, 0.6) is 0 Å². The molecule has 0 fully saturated rings. The maximum atomic E-state index is 11.8. The predicted molar refractivity (Wildman–Crippen MR) is 77.9 cm³/mol. The van der Waals surface area contributed by atoms with Gasteiger partial charge in [0.2, 0.25) is 0 Å². The monoisotopic (exact) mass is 339 g/mol. The number of hydrogen-bond donors (Lipinski definition) is 0. The minimum Gasteiger partial charge on any atom is -0.619 e. The summed E-state index contributed by atoms with van der Waals surface area (Å²) in [6, 6.07) is 1.77. The summed E-state index contributed by atoms with van der Waals surface area (Å²) in [7, 11) is 0. The molecule has 0 radical (unpaired) electrons. The van der Waals surface area contributed by atoms with Crippen molar-refractivity contribution in [2.24, 2.45) is 0 Å². The largest absolute Gasteiger partial charge is 0.619 e. The first-order valence-electron chi connectivity index (χ1n) is 6.92. The molecule has 22 heavy (non-hydrogen) atoms. The Morgan fingerprint density at radius 2 is 1.91 bits per heavy atom. The maximum absolute atomic E-state index is 11.8. The van der Waals surface area contributed by atoms with Crippen LogP contribution < -0.4 is 4.73 Å². The average molecular weight is 339 g/mol. The second-order valence-electron chi connectivity index (χ2n) is 4.55. The van der Waals surface area contributed by atoms with Gasteiger partial charge in [0.15, 0.2) is 11.9 Å². The second-order valence-corrected chi connectivity index (χ2v) is 5.69. The number of thioether (sulfide) groups is 1. The van der Waals surface area contributed by atoms with E-state index in [2.05, 4.69) is 4.74 Å². The Kier molecular flexibility index (Phi) is 7.98. The van der Waals surface area contributed by atoms with Crippen molar-refractivity contribution in [1.82, 2.24) is 0 Å². The lowest BCUT2D eigenvalue weighted by molar-refractivity contribution is -0.613. The quantitative estimate of drug-likeness (QED) is 0.300. The van der Waals surface area contributed by atoms with Crippen LogP contribution in [0.25, 0.3) is 0 Å². The summed E-state index contributed by atoms with van der Waals surface area (Å²) in [6.45, 7) is 2.99. The summed E-state index contributed by atoms with van der Waals surface area (Å²) < 4.78 is 45.9. The molecule has 0 atom stereocenters. The molecule has 8 heteroatoms. The molecule has 0 saturated heterocycles. The number of aromatic nitrogens is 1. The van der Waals surface area contributed by atoms with Gasteiger partial charge in [-0.25, -0.2) is 0 Å². The highest BCUT2D eigenvalue weighted by atomic mass is 32.2. The van der Waals surface area contributed by atoms with E-state index < -0.39 is 12.8 Å². The highest BCUT2D eigenvalue weighted by Crippen LogP contribution is 2.23. The van der Waals surface area contributed by atoms with Crippen LogP contribution in [0.4, 0.5) is 13.2 Å². The van der Waals surface area contributed by atoms with Crippen molar-refractivity contribution in [1.29, 1.82) is 0 Å². The Bertz CT molecular complexity index is 469. The third kappa shape index (κ3) is 6.85. The Labute approximate surface area is 132 Å². The minimum atomic E-state index is -4.30. The van der Waals surface area contributed by atoms with E-state index in [1.165, 1.54) is 6.20 Å². The van der Waals surface area contributed by atoms with E-state index >= 15 is 0 Å². The van der Waals surface area contributed by atoms with Crippen molar-refractivity contribution in [2.75, 3.05) is 32.2 Å². The van der Waals surface area contributed by atoms with Crippen molar-refractivity contribution in [3.8, 4) is 0 Å². The maximum Gasteiger partial charge on any atom is 0.411 e. The molecule has 0 aliphatic carbocycles. The first kappa shape index (κ1) is 19.1. The molecular formula is C14H20F3NO3S. The zero-order valence-electron chi connectivity index (χ0n) is 12.6. The van der Waals surface area contributed by atoms with Crippen LogP contribution in [0, 0.1) is 12.1 Å². The molecular weight excluding hydrogens is 319 g/mol. The molecule has 0 aliphatic rings. The summed E-state index contributed by atoms with van der Waals surface area (Å²) >= 11 is 1.56. The van der Waals surface area contributed by atoms with Crippen LogP contribution in [-0.2, 0) is 15.9 Å². The zero-order valence-corrected chi connectivity index (χ0v) is 13.4. The van der Waals surface area contributed by atoms with Crippen LogP contribution in [0.3, 0.4) is 0 Å². The lowest BCUT2D eigenvalue weighted by atomic mass is 10.1. The van der Waals surface area contributed by atoms with E-state index in [0.29, 0.717) is 18.1 Å². The fraction of sp³-hybridized carbons (Fsp3) is 0.643. The highest BCUT2D eigenvalue weighted by molar-refractivity contribution is 7.99. The summed E-state index contributed by atoms with van der Waals surface area (Å²) in [5, 5.41) is 11.5. The van der Waals surface area contributed by atoms with Gasteiger partial charge in [0.05, 0.1) is 19.8 Å². The third-order valence-electron chi connectivity index (χ3n) is 2.90. The first-order chi connectivity index (χ1) is 10.3. The Hall–Kier alpha value is -0.990. The van der Waals surface area contributed by atoms with E-state index in [9.17, 15) is 18.4 Å². The summed E-state index contributed by atoms with van der Waals surface area (Å²) in [4.78, 5) is 1.03. The molecule has 0 aliphatic heterocycles. The molecule has 1 rings (SSSR count). The Morgan fingerprint density at radius 1 is 1.23 bits per heavy atom. The van der Waals surface area contributed by atoms with Gasteiger partial charge in [-0.05, 0) is 6.42 Å². The fourth-order valence-electron chi connectivity index (χ4n) is 1.84. The molecule has 126 valence electrons. The van der Waals surface area contributed by atoms with E-state index in [4.69, 9.17) is 4.74 Å². The smallest absolute Gasteiger partial charge is 0.411 e. The lowest BCUT2D eigenvalue weighted by Crippen LogP contribution is -2.30. The summed E-state index contributed by atoms with van der Waals surface area (Å²) in [5.41, 5.74) is 1.70. The van der Waals surface area contributed by atoms with Gasteiger partial charge in [-0.1, -0.05) is 6.92 Å². The second kappa shape index (κ2) is 9.22. The third-order valence-corrected chi connectivity index (χ3v) is 3.97. The number of alkyl halides is 3. The van der Waals surface area contributed by atoms with Gasteiger partial charge in [-0.3, -0.25) is 0 Å². The molecule has 0 amide bonds. The molecule has 0 spiro atoms. The van der Waals surface area contributed by atoms with Crippen LogP contribution in [0.2, 0.25) is 0 Å². The van der Waals surface area contributed by atoms with Crippen LogP contribution in [0.1, 0.15) is 18.2 Å². The van der Waals surface area contributed by atoms with Gasteiger partial charge in [0.25, 0.3) is 0 Å². The van der Waals surface area contributed by atoms with Crippen LogP contribution >= 0.6 is 11.8 Å². The molecule has 0 unspecified atom stereocenters. The van der Waals surface area contributed by atoms with Crippen molar-refractivity contribution in [3.05, 3.63) is 28.7 Å². The van der Waals surface area contributed by atoms with Crippen molar-refractivity contribution < 1.29 is 27.4 Å². The fourth-order valence-corrected chi connectivity index (χ4v) is 2.89. The number of hydrogen-bond acceptors (Lipinski definition) is 4. The van der Waals surface area contributed by atoms with E-state index in [1.807, 2.05) is 6.92 Å². The van der Waals surface area contributed by atoms with Crippen molar-refractivity contribution in [2.45, 2.75) is 31.3 Å². The minimum absolute atomic E-state index is 0.0784. The standard InChI is InChI=1S/C14H20F3NO3S/c1-3-12-11(2)18(19)5-4-13(12)22-9-8-20-6-7-21-10-14(15,16)17/h4-5H,3,6-10H2,1-2H3. The Morgan fingerprint density at radius 3 is 2.55 bits per heavy atom. The van der Waals surface area contributed by atoms with E-state index in [1.54, 1.807) is 24.8 Å². The van der Waals surface area contributed by atoms with Gasteiger partial charge < -0.3 is 14.7 Å². The van der Waals surface area contributed by atoms with Crippen LogP contribution in [-0.4, -0.2) is 38.4 Å². The van der Waals surface area contributed by atoms with Crippen molar-refractivity contribution >= 4 is 11.8 Å². The molecule has 0 saturated carbocycles. The molecule has 1 aromatic heterocycles. The van der Waals surface area contributed by atoms with E-state index in [-0.39, 0.29) is 13.2 Å². The highest BCUT2D eigenvalue weighted by Gasteiger charge is 2.27. The first-order valence-corrected chi connectivity index (χ1v) is 7.90. The number of nitrogens with zero attached hydrogens (tertiary/aromatic N) is 1. The zero-order chi connectivity index (χ0) is 16.6. The summed E-state index contributed by atoms with van der Waals surface area (Å²) in [5.74, 6) is 0.661. The molecule has 4 nitrogen and oxygen atoms in total. The molecule has 0 N–H and O–H groups in total. The Balaban J connectivity index is 2.22. The number of ether oxygens (including phenoxy) is 2.